The standard InChI is InChI=1S/C29H23Cl4FN2O5/c1-40-26(38)29(16-2-5-20(30)22(32)12-16,17-3-6-21(31)23(33)13-17)15-25(37)36-10-8-28(9-11-36)19-14-18(34)4-7-24(19)35-27(39)41-28/h2-7,12-14H,8-11,15H2,1H3,(H,35,39). The summed E-state index contributed by atoms with van der Waals surface area (Å²) in [6.07, 6.45) is -0.525. The van der Waals surface area contributed by atoms with E-state index in [1.807, 2.05) is 0 Å². The lowest BCUT2D eigenvalue weighted by atomic mass is 9.71. The van der Waals surface area contributed by atoms with Gasteiger partial charge < -0.3 is 14.4 Å². The van der Waals surface area contributed by atoms with E-state index < -0.39 is 28.9 Å². The van der Waals surface area contributed by atoms with Gasteiger partial charge in [-0.15, -0.1) is 0 Å². The van der Waals surface area contributed by atoms with Crippen LogP contribution in [0.5, 0.6) is 0 Å². The maximum Gasteiger partial charge on any atom is 0.412 e. The number of benzene rings is 3. The quantitative estimate of drug-likeness (QED) is 0.295. The molecule has 3 aromatic carbocycles. The fourth-order valence-corrected chi connectivity index (χ4v) is 6.17. The molecule has 0 aromatic heterocycles. The van der Waals surface area contributed by atoms with Crippen molar-refractivity contribution in [2.45, 2.75) is 30.3 Å². The average Bonchev–Trinajstić information content (AvgIpc) is 2.95. The van der Waals surface area contributed by atoms with Crippen LogP contribution >= 0.6 is 46.4 Å². The molecule has 2 amide bonds. The number of halogens is 5. The predicted molar refractivity (Wildman–Crippen MR) is 154 cm³/mol. The van der Waals surface area contributed by atoms with E-state index in [1.54, 1.807) is 17.0 Å². The van der Waals surface area contributed by atoms with E-state index in [9.17, 15) is 18.8 Å². The van der Waals surface area contributed by atoms with Crippen LogP contribution in [0.1, 0.15) is 36.0 Å². The first-order chi connectivity index (χ1) is 19.5. The molecule has 1 fully saturated rings. The van der Waals surface area contributed by atoms with Crippen LogP contribution in [0.25, 0.3) is 0 Å². The fourth-order valence-electron chi connectivity index (χ4n) is 5.57. The van der Waals surface area contributed by atoms with Gasteiger partial charge in [0, 0.05) is 31.5 Å². The lowest BCUT2D eigenvalue weighted by molar-refractivity contribution is -0.150. The molecule has 2 aliphatic rings. The molecular formula is C29H23Cl4FN2O5. The van der Waals surface area contributed by atoms with E-state index in [-0.39, 0.29) is 58.3 Å². The third-order valence-corrected chi connectivity index (χ3v) is 9.17. The third kappa shape index (κ3) is 5.34. The Kier molecular flexibility index (Phi) is 8.14. The van der Waals surface area contributed by atoms with E-state index in [0.29, 0.717) is 22.4 Å². The van der Waals surface area contributed by atoms with E-state index in [1.165, 1.54) is 49.6 Å². The summed E-state index contributed by atoms with van der Waals surface area (Å²) >= 11 is 25.0. The number of carbonyl (C=O) groups excluding carboxylic acids is 3. The van der Waals surface area contributed by atoms with Crippen LogP contribution in [0, 0.1) is 5.82 Å². The van der Waals surface area contributed by atoms with Crippen LogP contribution < -0.4 is 5.32 Å². The Labute approximate surface area is 255 Å². The van der Waals surface area contributed by atoms with Gasteiger partial charge in [0.05, 0.1) is 39.3 Å². The molecule has 0 radical (unpaired) electrons. The van der Waals surface area contributed by atoms with Crippen molar-refractivity contribution in [2.75, 3.05) is 25.5 Å². The van der Waals surface area contributed by atoms with Crippen LogP contribution in [0.15, 0.2) is 54.6 Å². The van der Waals surface area contributed by atoms with Crippen molar-refractivity contribution in [3.8, 4) is 0 Å². The first kappa shape index (κ1) is 29.5. The first-order valence-electron chi connectivity index (χ1n) is 12.6. The summed E-state index contributed by atoms with van der Waals surface area (Å²) in [4.78, 5) is 41.5. The van der Waals surface area contributed by atoms with Crippen LogP contribution in [0.3, 0.4) is 0 Å². The highest BCUT2D eigenvalue weighted by Gasteiger charge is 2.49. The normalized spacial score (nSPS) is 16.0. The second kappa shape index (κ2) is 11.3. The highest BCUT2D eigenvalue weighted by atomic mass is 35.5. The van der Waals surface area contributed by atoms with Gasteiger partial charge in [0.25, 0.3) is 0 Å². The van der Waals surface area contributed by atoms with Gasteiger partial charge >= 0.3 is 12.1 Å². The van der Waals surface area contributed by atoms with Gasteiger partial charge in [-0.1, -0.05) is 58.5 Å². The van der Waals surface area contributed by atoms with Gasteiger partial charge in [0.1, 0.15) is 16.8 Å². The minimum atomic E-state index is -1.65. The van der Waals surface area contributed by atoms with Crippen molar-refractivity contribution in [3.05, 3.63) is 97.2 Å². The number of hydrogen-bond donors (Lipinski definition) is 1. The molecule has 1 N–H and O–H groups in total. The van der Waals surface area contributed by atoms with Gasteiger partial charge in [0.15, 0.2) is 0 Å². The van der Waals surface area contributed by atoms with Crippen LogP contribution in [-0.2, 0) is 30.1 Å². The van der Waals surface area contributed by atoms with Crippen molar-refractivity contribution in [1.82, 2.24) is 4.90 Å². The topological polar surface area (TPSA) is 84.9 Å². The van der Waals surface area contributed by atoms with E-state index in [0.717, 1.165) is 0 Å². The van der Waals surface area contributed by atoms with Crippen LogP contribution in [-0.4, -0.2) is 43.1 Å². The summed E-state index contributed by atoms with van der Waals surface area (Å²) in [6.45, 7) is 0.365. The third-order valence-electron chi connectivity index (χ3n) is 7.70. The monoisotopic (exact) mass is 638 g/mol. The molecule has 41 heavy (non-hydrogen) atoms. The van der Waals surface area contributed by atoms with Gasteiger partial charge in [0.2, 0.25) is 5.91 Å². The minimum absolute atomic E-state index is 0.183. The molecule has 0 atom stereocenters. The lowest BCUT2D eigenvalue weighted by Gasteiger charge is -2.44. The Bertz CT molecular complexity index is 1510. The Morgan fingerprint density at radius 3 is 2.07 bits per heavy atom. The zero-order valence-corrected chi connectivity index (χ0v) is 24.6. The Morgan fingerprint density at radius 1 is 0.951 bits per heavy atom. The summed E-state index contributed by atoms with van der Waals surface area (Å²) in [6, 6.07) is 13.4. The minimum Gasteiger partial charge on any atom is -0.468 e. The van der Waals surface area contributed by atoms with Crippen molar-refractivity contribution >= 4 is 70.1 Å². The molecule has 1 spiro atoms. The summed E-state index contributed by atoms with van der Waals surface area (Å²) in [5.41, 5.74) is -1.03. The van der Waals surface area contributed by atoms with E-state index in [2.05, 4.69) is 5.32 Å². The van der Waals surface area contributed by atoms with E-state index in [4.69, 9.17) is 55.9 Å². The Morgan fingerprint density at radius 2 is 1.54 bits per heavy atom. The summed E-state index contributed by atoms with van der Waals surface area (Å²) in [5, 5.41) is 3.50. The number of anilines is 1. The molecule has 0 aliphatic carbocycles. The molecule has 214 valence electrons. The molecule has 2 aliphatic heterocycles. The number of fused-ring (bicyclic) bond motifs is 2. The second-order valence-corrected chi connectivity index (χ2v) is 11.5. The van der Waals surface area contributed by atoms with Crippen molar-refractivity contribution in [1.29, 1.82) is 0 Å². The fraction of sp³-hybridized carbons (Fsp3) is 0.276. The SMILES string of the molecule is COC(=O)C(CC(=O)N1CCC2(CC1)OC(=O)Nc1ccc(F)cc12)(c1ccc(Cl)c(Cl)c1)c1ccc(Cl)c(Cl)c1. The molecule has 0 bridgehead atoms. The number of piperidine rings is 1. The summed E-state index contributed by atoms with van der Waals surface area (Å²) in [7, 11) is 1.23. The molecule has 3 aromatic rings. The summed E-state index contributed by atoms with van der Waals surface area (Å²) < 4.78 is 25.1. The molecule has 0 unspecified atom stereocenters. The maximum atomic E-state index is 14.1. The zero-order valence-electron chi connectivity index (χ0n) is 21.6. The molecular weight excluding hydrogens is 617 g/mol. The molecule has 0 saturated carbocycles. The maximum absolute atomic E-state index is 14.1. The first-order valence-corrected chi connectivity index (χ1v) is 14.1. The lowest BCUT2D eigenvalue weighted by Crippen LogP contribution is -2.51. The number of likely N-dealkylation sites (tertiary alicyclic amines) is 1. The van der Waals surface area contributed by atoms with Gasteiger partial charge in [-0.2, -0.15) is 0 Å². The molecule has 2 heterocycles. The van der Waals surface area contributed by atoms with Gasteiger partial charge in [-0.25, -0.2) is 9.18 Å². The highest BCUT2D eigenvalue weighted by molar-refractivity contribution is 6.42. The van der Waals surface area contributed by atoms with Gasteiger partial charge in [-0.05, 0) is 53.6 Å². The largest absolute Gasteiger partial charge is 0.468 e. The van der Waals surface area contributed by atoms with Crippen LogP contribution in [0.2, 0.25) is 20.1 Å². The molecule has 5 rings (SSSR count). The number of esters is 1. The van der Waals surface area contributed by atoms with Crippen molar-refractivity contribution in [2.24, 2.45) is 0 Å². The molecule has 1 saturated heterocycles. The number of nitrogens with one attached hydrogen (secondary N) is 1. The average molecular weight is 640 g/mol. The van der Waals surface area contributed by atoms with Crippen molar-refractivity contribution < 1.29 is 28.2 Å². The van der Waals surface area contributed by atoms with Crippen molar-refractivity contribution in [3.63, 3.8) is 0 Å². The predicted octanol–water partition coefficient (Wildman–Crippen LogP) is 7.37. The number of carbonyl (C=O) groups is 3. The Balaban J connectivity index is 1.50. The Hall–Kier alpha value is -3.04. The zero-order chi connectivity index (χ0) is 29.5. The number of rotatable bonds is 5. The summed E-state index contributed by atoms with van der Waals surface area (Å²) in [5.74, 6) is -1.55. The molecule has 12 heteroatoms. The number of hydrogen-bond acceptors (Lipinski definition) is 5. The number of amides is 2. The second-order valence-electron chi connectivity index (χ2n) is 9.91. The van der Waals surface area contributed by atoms with Crippen LogP contribution in [0.4, 0.5) is 14.9 Å². The smallest absolute Gasteiger partial charge is 0.412 e. The van der Waals surface area contributed by atoms with E-state index >= 15 is 0 Å². The number of ether oxygens (including phenoxy) is 2. The number of nitrogens with zero attached hydrogens (tertiary/aromatic N) is 1. The van der Waals surface area contributed by atoms with Gasteiger partial charge in [-0.3, -0.25) is 14.9 Å². The molecule has 7 nitrogen and oxygen atoms in total. The highest BCUT2D eigenvalue weighted by Crippen LogP contribution is 2.45. The number of methoxy groups -OCH3 is 1.